The van der Waals surface area contributed by atoms with Crippen LogP contribution in [-0.4, -0.2) is 5.78 Å². The Labute approximate surface area is 104 Å². The van der Waals surface area contributed by atoms with Crippen LogP contribution in [0.15, 0.2) is 24.3 Å². The van der Waals surface area contributed by atoms with Crippen molar-refractivity contribution in [2.45, 2.75) is 19.3 Å². The van der Waals surface area contributed by atoms with Crippen LogP contribution in [-0.2, 0) is 17.1 Å². The third kappa shape index (κ3) is 4.42. The molecule has 0 aliphatic heterocycles. The Morgan fingerprint density at radius 2 is 1.37 bits per heavy atom. The number of ketones is 1. The van der Waals surface area contributed by atoms with Gasteiger partial charge in [0.25, 0.3) is 0 Å². The second kappa shape index (κ2) is 5.07. The Kier molecular flexibility index (Phi) is 4.07. The first-order valence-electron chi connectivity index (χ1n) is 4.98. The van der Waals surface area contributed by atoms with Crippen molar-refractivity contribution in [1.82, 2.24) is 0 Å². The van der Waals surface area contributed by atoms with Crippen LogP contribution in [0.4, 0.5) is 26.3 Å². The fourth-order valence-electron chi connectivity index (χ4n) is 1.29. The van der Waals surface area contributed by atoms with E-state index in [0.717, 1.165) is 19.1 Å². The predicted molar refractivity (Wildman–Crippen MR) is 56.2 cm³/mol. The summed E-state index contributed by atoms with van der Waals surface area (Å²) in [5, 5.41) is 0. The van der Waals surface area contributed by atoms with E-state index in [2.05, 4.69) is 0 Å². The van der Waals surface area contributed by atoms with Crippen LogP contribution in [0.25, 0.3) is 6.08 Å². The maximum absolute atomic E-state index is 12.5. The second-order valence-corrected chi connectivity index (χ2v) is 3.78. The van der Waals surface area contributed by atoms with E-state index < -0.39 is 29.3 Å². The molecule has 0 aliphatic carbocycles. The van der Waals surface area contributed by atoms with E-state index in [1.165, 1.54) is 0 Å². The summed E-state index contributed by atoms with van der Waals surface area (Å²) in [6, 6.07) is 1.13. The summed E-state index contributed by atoms with van der Waals surface area (Å²) in [5.41, 5.74) is -3.16. The molecule has 0 atom stereocenters. The normalized spacial score (nSPS) is 13.0. The molecule has 0 aliphatic rings. The molecule has 0 saturated heterocycles. The van der Waals surface area contributed by atoms with E-state index >= 15 is 0 Å². The standard InChI is InChI=1S/C12H8F6O/c1-7(19)2-3-8-4-9(11(13,14)15)6-10(5-8)12(16,17)18/h2-6H,1H3/b3-2+. The number of carbonyl (C=O) groups is 1. The van der Waals surface area contributed by atoms with Crippen LogP contribution in [0.2, 0.25) is 0 Å². The number of hydrogen-bond donors (Lipinski definition) is 0. The minimum atomic E-state index is -4.89. The average molecular weight is 282 g/mol. The lowest BCUT2D eigenvalue weighted by atomic mass is 10.0. The van der Waals surface area contributed by atoms with Gasteiger partial charge in [0.15, 0.2) is 5.78 Å². The van der Waals surface area contributed by atoms with Crippen LogP contribution in [0.5, 0.6) is 0 Å². The van der Waals surface area contributed by atoms with Gasteiger partial charge in [-0.2, -0.15) is 26.3 Å². The van der Waals surface area contributed by atoms with Gasteiger partial charge in [-0.25, -0.2) is 0 Å². The molecule has 0 saturated carbocycles. The number of hydrogen-bond acceptors (Lipinski definition) is 1. The van der Waals surface area contributed by atoms with Crippen LogP contribution >= 0.6 is 0 Å². The Bertz CT molecular complexity index is 478. The van der Waals surface area contributed by atoms with Gasteiger partial charge in [0, 0.05) is 0 Å². The monoisotopic (exact) mass is 282 g/mol. The van der Waals surface area contributed by atoms with Crippen molar-refractivity contribution in [3.05, 3.63) is 41.0 Å². The third-order valence-electron chi connectivity index (χ3n) is 2.12. The first-order chi connectivity index (χ1) is 8.50. The van der Waals surface area contributed by atoms with Gasteiger partial charge < -0.3 is 0 Å². The maximum Gasteiger partial charge on any atom is 0.416 e. The largest absolute Gasteiger partial charge is 0.416 e. The number of allylic oxidation sites excluding steroid dienone is 1. The van der Waals surface area contributed by atoms with Gasteiger partial charge >= 0.3 is 12.4 Å². The van der Waals surface area contributed by atoms with Crippen molar-refractivity contribution in [3.63, 3.8) is 0 Å². The van der Waals surface area contributed by atoms with Crippen molar-refractivity contribution in [1.29, 1.82) is 0 Å². The molecule has 0 fully saturated rings. The van der Waals surface area contributed by atoms with E-state index in [9.17, 15) is 31.1 Å². The SMILES string of the molecule is CC(=O)/C=C/c1cc(C(F)(F)F)cc(C(F)(F)F)c1. The Hall–Kier alpha value is -1.79. The zero-order valence-electron chi connectivity index (χ0n) is 9.56. The number of carbonyl (C=O) groups excluding carboxylic acids is 1. The molecule has 1 aromatic carbocycles. The van der Waals surface area contributed by atoms with Gasteiger partial charge in [-0.1, -0.05) is 6.08 Å². The number of alkyl halides is 6. The van der Waals surface area contributed by atoms with E-state index in [4.69, 9.17) is 0 Å². The van der Waals surface area contributed by atoms with Crippen molar-refractivity contribution in [2.75, 3.05) is 0 Å². The Morgan fingerprint density at radius 3 is 1.68 bits per heavy atom. The molecule has 0 heterocycles. The van der Waals surface area contributed by atoms with Gasteiger partial charge in [0.1, 0.15) is 0 Å². The topological polar surface area (TPSA) is 17.1 Å². The van der Waals surface area contributed by atoms with Gasteiger partial charge in [-0.15, -0.1) is 0 Å². The molecule has 0 unspecified atom stereocenters. The summed E-state index contributed by atoms with van der Waals surface area (Å²) in [6.07, 6.45) is -7.97. The molecule has 0 spiro atoms. The van der Waals surface area contributed by atoms with Gasteiger partial charge in [0.2, 0.25) is 0 Å². The zero-order chi connectivity index (χ0) is 14.8. The molecular formula is C12H8F6O. The summed E-state index contributed by atoms with van der Waals surface area (Å²) >= 11 is 0. The summed E-state index contributed by atoms with van der Waals surface area (Å²) in [7, 11) is 0. The quantitative estimate of drug-likeness (QED) is 0.583. The fraction of sp³-hybridized carbons (Fsp3) is 0.250. The molecule has 104 valence electrons. The second-order valence-electron chi connectivity index (χ2n) is 3.78. The molecule has 0 amide bonds. The highest BCUT2D eigenvalue weighted by Crippen LogP contribution is 2.36. The highest BCUT2D eigenvalue weighted by atomic mass is 19.4. The predicted octanol–water partition coefficient (Wildman–Crippen LogP) is 4.33. The number of halogens is 6. The molecule has 1 rings (SSSR count). The molecular weight excluding hydrogens is 274 g/mol. The Morgan fingerprint density at radius 1 is 0.947 bits per heavy atom. The molecule has 1 aromatic rings. The van der Waals surface area contributed by atoms with Gasteiger partial charge in [0.05, 0.1) is 11.1 Å². The maximum atomic E-state index is 12.5. The average Bonchev–Trinajstić information content (AvgIpc) is 2.23. The highest BCUT2D eigenvalue weighted by molar-refractivity contribution is 5.91. The molecule has 0 aromatic heterocycles. The molecule has 1 nitrogen and oxygen atoms in total. The van der Waals surface area contributed by atoms with Crippen molar-refractivity contribution in [2.24, 2.45) is 0 Å². The minimum absolute atomic E-state index is 0.0328. The number of benzene rings is 1. The summed E-state index contributed by atoms with van der Waals surface area (Å²) < 4.78 is 74.9. The van der Waals surface area contributed by atoms with Crippen LogP contribution in [0.1, 0.15) is 23.6 Å². The van der Waals surface area contributed by atoms with Crippen molar-refractivity contribution in [3.8, 4) is 0 Å². The fourth-order valence-corrected chi connectivity index (χ4v) is 1.29. The third-order valence-corrected chi connectivity index (χ3v) is 2.12. The van der Waals surface area contributed by atoms with E-state index in [1.54, 1.807) is 0 Å². The first kappa shape index (κ1) is 15.3. The molecule has 7 heteroatoms. The van der Waals surface area contributed by atoms with Crippen LogP contribution < -0.4 is 0 Å². The summed E-state index contributed by atoms with van der Waals surface area (Å²) in [4.78, 5) is 10.6. The summed E-state index contributed by atoms with van der Waals surface area (Å²) in [5.74, 6) is -0.481. The van der Waals surface area contributed by atoms with E-state index in [0.29, 0.717) is 12.1 Å². The van der Waals surface area contributed by atoms with Crippen molar-refractivity contribution >= 4 is 11.9 Å². The molecule has 19 heavy (non-hydrogen) atoms. The minimum Gasteiger partial charge on any atom is -0.295 e. The van der Waals surface area contributed by atoms with E-state index in [1.807, 2.05) is 0 Å². The number of rotatable bonds is 2. The Balaban J connectivity index is 3.37. The lowest BCUT2D eigenvalue weighted by Gasteiger charge is -2.12. The first-order valence-corrected chi connectivity index (χ1v) is 4.98. The molecule has 0 bridgehead atoms. The van der Waals surface area contributed by atoms with Gasteiger partial charge in [-0.3, -0.25) is 4.79 Å². The van der Waals surface area contributed by atoms with Crippen molar-refractivity contribution < 1.29 is 31.1 Å². The zero-order valence-corrected chi connectivity index (χ0v) is 9.56. The van der Waals surface area contributed by atoms with Gasteiger partial charge in [-0.05, 0) is 36.8 Å². The smallest absolute Gasteiger partial charge is 0.295 e. The van der Waals surface area contributed by atoms with Crippen LogP contribution in [0.3, 0.4) is 0 Å². The lowest BCUT2D eigenvalue weighted by Crippen LogP contribution is -2.11. The summed E-state index contributed by atoms with van der Waals surface area (Å²) in [6.45, 7) is 1.13. The highest BCUT2D eigenvalue weighted by Gasteiger charge is 2.36. The molecule has 0 radical (unpaired) electrons. The lowest BCUT2D eigenvalue weighted by molar-refractivity contribution is -0.143. The molecule has 0 N–H and O–H groups in total. The van der Waals surface area contributed by atoms with Crippen LogP contribution in [0, 0.1) is 0 Å². The van der Waals surface area contributed by atoms with E-state index in [-0.39, 0.29) is 11.6 Å².